The maximum atomic E-state index is 6.73. The first-order valence-electron chi connectivity index (χ1n) is 18.5. The van der Waals surface area contributed by atoms with Crippen LogP contribution in [-0.2, 0) is 37.3 Å². The van der Waals surface area contributed by atoms with E-state index in [-0.39, 0.29) is 37.3 Å². The van der Waals surface area contributed by atoms with Crippen LogP contribution in [0.3, 0.4) is 0 Å². The molecular formula is C48H47N4OPt-3. The number of fused-ring (bicyclic) bond motifs is 4. The number of pyridine rings is 1. The molecule has 1 aliphatic heterocycles. The summed E-state index contributed by atoms with van der Waals surface area (Å²) in [5.41, 5.74) is 9.85. The number of ether oxygens (including phenoxy) is 1. The molecule has 0 atom stereocenters. The van der Waals surface area contributed by atoms with Gasteiger partial charge in [-0.2, -0.15) is 6.07 Å². The molecule has 0 unspecified atom stereocenters. The van der Waals surface area contributed by atoms with Gasteiger partial charge < -0.3 is 19.1 Å². The fourth-order valence-electron chi connectivity index (χ4n) is 7.07. The first-order valence-corrected chi connectivity index (χ1v) is 18.5. The molecule has 6 heteroatoms. The zero-order chi connectivity index (χ0) is 37.3. The van der Waals surface area contributed by atoms with E-state index >= 15 is 0 Å². The van der Waals surface area contributed by atoms with Crippen LogP contribution in [0.2, 0.25) is 0 Å². The Kier molecular flexibility index (Phi) is 9.55. The largest absolute Gasteiger partial charge is 0.509 e. The smallest absolute Gasteiger partial charge is 0.135 e. The normalized spacial score (nSPS) is 13.4. The third kappa shape index (κ3) is 6.95. The Bertz CT molecular complexity index is 2480. The SMILES string of the molecule is CC(C)(C)c1ccc(N2[CH-]N(c3[c-]c(Oc4[c-]c5c(cc4)c4ccccc4n5-c4cc(C(C)(C)C)ccn4)cc(C(C)(C)C)c3)c3ccccc32)cc1.[Pt]. The topological polar surface area (TPSA) is 33.5 Å². The first-order chi connectivity index (χ1) is 25.1. The Morgan fingerprint density at radius 1 is 0.574 bits per heavy atom. The summed E-state index contributed by atoms with van der Waals surface area (Å²) in [6.45, 7) is 22.3. The van der Waals surface area contributed by atoms with E-state index in [2.05, 4.69) is 199 Å². The van der Waals surface area contributed by atoms with Gasteiger partial charge in [0.1, 0.15) is 5.82 Å². The molecule has 0 spiro atoms. The van der Waals surface area contributed by atoms with Gasteiger partial charge in [-0.1, -0.05) is 110 Å². The number of hydrogen-bond donors (Lipinski definition) is 0. The van der Waals surface area contributed by atoms with E-state index in [4.69, 9.17) is 9.72 Å². The second kappa shape index (κ2) is 13.8. The first kappa shape index (κ1) is 37.5. The van der Waals surface area contributed by atoms with Crippen molar-refractivity contribution >= 4 is 44.6 Å². The number of hydrogen-bond acceptors (Lipinski definition) is 4. The van der Waals surface area contributed by atoms with Crippen LogP contribution in [0.25, 0.3) is 27.6 Å². The van der Waals surface area contributed by atoms with Crippen LogP contribution in [-0.4, -0.2) is 9.55 Å². The number of para-hydroxylation sites is 3. The van der Waals surface area contributed by atoms with Gasteiger partial charge in [0.15, 0.2) is 0 Å². The predicted octanol–water partition coefficient (Wildman–Crippen LogP) is 12.9. The minimum Gasteiger partial charge on any atom is -0.509 e. The van der Waals surface area contributed by atoms with Gasteiger partial charge in [0, 0.05) is 61.3 Å². The molecule has 5 aromatic carbocycles. The van der Waals surface area contributed by atoms with Gasteiger partial charge in [-0.3, -0.25) is 0 Å². The summed E-state index contributed by atoms with van der Waals surface area (Å²) >= 11 is 0. The summed E-state index contributed by atoms with van der Waals surface area (Å²) in [6, 6.07) is 45.9. The second-order valence-corrected chi connectivity index (χ2v) is 17.2. The van der Waals surface area contributed by atoms with E-state index in [0.717, 1.165) is 55.9 Å². The zero-order valence-corrected chi connectivity index (χ0v) is 34.8. The van der Waals surface area contributed by atoms with E-state index in [1.807, 2.05) is 12.3 Å². The van der Waals surface area contributed by atoms with Crippen LogP contribution in [0, 0.1) is 18.8 Å². The average Bonchev–Trinajstić information content (AvgIpc) is 3.67. The van der Waals surface area contributed by atoms with Gasteiger partial charge in [-0.05, 0) is 75.2 Å². The van der Waals surface area contributed by atoms with Crippen molar-refractivity contribution in [3.63, 3.8) is 0 Å². The number of aromatic nitrogens is 2. The second-order valence-electron chi connectivity index (χ2n) is 17.2. The number of benzene rings is 5. The summed E-state index contributed by atoms with van der Waals surface area (Å²) in [4.78, 5) is 9.32. The van der Waals surface area contributed by atoms with Crippen LogP contribution in [0.4, 0.5) is 22.7 Å². The molecule has 0 saturated heterocycles. The molecule has 0 aliphatic carbocycles. The summed E-state index contributed by atoms with van der Waals surface area (Å²) < 4.78 is 8.93. The molecule has 0 radical (unpaired) electrons. The maximum Gasteiger partial charge on any atom is 0.135 e. The maximum absolute atomic E-state index is 6.73. The molecule has 0 amide bonds. The van der Waals surface area contributed by atoms with Crippen LogP contribution in [0.1, 0.15) is 79.0 Å². The fraction of sp³-hybridized carbons (Fsp3) is 0.250. The van der Waals surface area contributed by atoms with Crippen molar-refractivity contribution in [2.24, 2.45) is 0 Å². The molecule has 3 heterocycles. The molecular weight excluding hydrogens is 844 g/mol. The minimum atomic E-state index is -0.131. The van der Waals surface area contributed by atoms with Crippen LogP contribution < -0.4 is 14.5 Å². The molecule has 54 heavy (non-hydrogen) atoms. The molecule has 0 N–H and O–H groups in total. The Balaban J connectivity index is 0.00000450. The number of nitrogens with zero attached hydrogens (tertiary/aromatic N) is 4. The van der Waals surface area contributed by atoms with Crippen molar-refractivity contribution in [2.45, 2.75) is 78.6 Å². The van der Waals surface area contributed by atoms with Crippen molar-refractivity contribution in [3.05, 3.63) is 151 Å². The van der Waals surface area contributed by atoms with Crippen molar-refractivity contribution in [1.29, 1.82) is 0 Å². The molecule has 5 nitrogen and oxygen atoms in total. The van der Waals surface area contributed by atoms with Crippen LogP contribution >= 0.6 is 0 Å². The Hall–Kier alpha value is -4.86. The van der Waals surface area contributed by atoms with Crippen LogP contribution in [0.5, 0.6) is 11.5 Å². The number of rotatable bonds is 5. The van der Waals surface area contributed by atoms with Crippen molar-refractivity contribution in [1.82, 2.24) is 9.55 Å². The standard InChI is InChI=1S/C48H47N4O.Pt/c1-46(2,3)32-18-20-35(21-19-32)50-31-51(43-17-13-12-16-42(43)50)36-26-34(48(7,8)9)27-38(29-36)53-37-22-23-40-39-14-10-11-15-41(39)52(44(40)30-37)45-28-33(24-25-49-45)47(4,5)6;/h10-28,31H,1-9H3;/q-3;. The fourth-order valence-corrected chi connectivity index (χ4v) is 7.07. The van der Waals surface area contributed by atoms with Crippen molar-refractivity contribution in [3.8, 4) is 17.3 Å². The Morgan fingerprint density at radius 2 is 1.22 bits per heavy atom. The van der Waals surface area contributed by atoms with E-state index in [9.17, 15) is 0 Å². The molecule has 1 aliphatic rings. The van der Waals surface area contributed by atoms with E-state index in [1.165, 1.54) is 11.1 Å². The quantitative estimate of drug-likeness (QED) is 0.161. The average molecular weight is 891 g/mol. The van der Waals surface area contributed by atoms with Gasteiger partial charge in [0.2, 0.25) is 0 Å². The van der Waals surface area contributed by atoms with Crippen molar-refractivity contribution in [2.75, 3.05) is 9.80 Å². The monoisotopic (exact) mass is 890 g/mol. The third-order valence-electron chi connectivity index (χ3n) is 10.2. The summed E-state index contributed by atoms with van der Waals surface area (Å²) in [7, 11) is 0. The molecule has 2 aromatic heterocycles. The zero-order valence-electron chi connectivity index (χ0n) is 32.6. The van der Waals surface area contributed by atoms with E-state index < -0.39 is 0 Å². The summed E-state index contributed by atoms with van der Waals surface area (Å²) in [5, 5.41) is 2.25. The summed E-state index contributed by atoms with van der Waals surface area (Å²) in [5.74, 6) is 2.12. The Morgan fingerprint density at radius 3 is 1.91 bits per heavy atom. The molecule has 278 valence electrons. The third-order valence-corrected chi connectivity index (χ3v) is 10.2. The van der Waals surface area contributed by atoms with Crippen molar-refractivity contribution < 1.29 is 25.8 Å². The number of anilines is 4. The van der Waals surface area contributed by atoms with Gasteiger partial charge >= 0.3 is 0 Å². The van der Waals surface area contributed by atoms with Gasteiger partial charge in [0.05, 0.1) is 0 Å². The molecule has 0 bridgehead atoms. The molecule has 8 rings (SSSR count). The molecule has 0 fully saturated rings. The predicted molar refractivity (Wildman–Crippen MR) is 220 cm³/mol. The van der Waals surface area contributed by atoms with Gasteiger partial charge in [-0.25, -0.2) is 4.98 Å². The van der Waals surface area contributed by atoms with E-state index in [0.29, 0.717) is 11.5 Å². The van der Waals surface area contributed by atoms with Crippen LogP contribution in [0.15, 0.2) is 115 Å². The molecule has 7 aromatic rings. The summed E-state index contributed by atoms with van der Waals surface area (Å²) in [6.07, 6.45) is 1.90. The minimum absolute atomic E-state index is 0. The Labute approximate surface area is 334 Å². The molecule has 0 saturated carbocycles. The van der Waals surface area contributed by atoms with Gasteiger partial charge in [0.25, 0.3) is 0 Å². The van der Waals surface area contributed by atoms with E-state index in [1.54, 1.807) is 0 Å². The van der Waals surface area contributed by atoms with Gasteiger partial charge in [-0.15, -0.1) is 53.6 Å².